The Balaban J connectivity index is -0.0000000845. The molecule has 0 heterocycles. The summed E-state index contributed by atoms with van der Waals surface area (Å²) in [7, 11) is -1.00. The molecule has 10 heteroatoms. The molecule has 188 valence electrons. The SMILES string of the molecule is CCCCCCI.Cc1cc(C=O)ccc1O.Cc1ccc(C=O)cc1C.O=CO[O-].[2H]CF.[H-].[K+].[K+]. The van der Waals surface area contributed by atoms with Gasteiger partial charge in [-0.1, -0.05) is 60.9 Å². The Morgan fingerprint density at radius 2 is 1.43 bits per heavy atom. The number of benzene rings is 2. The number of halogens is 2. The average Bonchev–Trinajstić information content (AvgIpc) is 2.84. The van der Waals surface area contributed by atoms with E-state index in [1.165, 1.54) is 47.3 Å². The molecule has 1 N–H and O–H groups in total. The molecule has 0 aliphatic heterocycles. The fraction of sp³-hybridized carbons (Fsp3) is 0.400. The molecule has 0 spiro atoms. The largest absolute Gasteiger partial charge is 1.00 e. The van der Waals surface area contributed by atoms with Gasteiger partial charge in [-0.25, -0.2) is 0 Å². The van der Waals surface area contributed by atoms with Crippen molar-refractivity contribution >= 4 is 41.6 Å². The van der Waals surface area contributed by atoms with Gasteiger partial charge in [0.15, 0.2) is 0 Å². The van der Waals surface area contributed by atoms with Gasteiger partial charge < -0.3 is 16.7 Å². The van der Waals surface area contributed by atoms with Crippen LogP contribution in [0, 0.1) is 20.8 Å². The zero-order valence-electron chi connectivity index (χ0n) is 23.7. The smallest absolute Gasteiger partial charge is 1.00 e. The van der Waals surface area contributed by atoms with E-state index in [1.54, 1.807) is 19.1 Å². The Kier molecular flexibility index (Phi) is 42.9. The molecule has 0 saturated carbocycles. The quantitative estimate of drug-likeness (QED) is 0.0841. The molecular weight excluding hydrogens is 620 g/mol. The van der Waals surface area contributed by atoms with Gasteiger partial charge in [0.25, 0.3) is 6.47 Å². The van der Waals surface area contributed by atoms with Crippen molar-refractivity contribution in [1.29, 1.82) is 0 Å². The zero-order valence-corrected chi connectivity index (χ0v) is 30.1. The summed E-state index contributed by atoms with van der Waals surface area (Å²) in [5, 5.41) is 17.5. The number of phenols is 1. The number of alkyl halides is 2. The van der Waals surface area contributed by atoms with Crippen LogP contribution in [0.25, 0.3) is 0 Å². The van der Waals surface area contributed by atoms with Crippen molar-refractivity contribution in [2.75, 3.05) is 11.6 Å². The van der Waals surface area contributed by atoms with Gasteiger partial charge in [0.1, 0.15) is 18.3 Å². The number of aldehydes is 2. The first-order valence-electron chi connectivity index (χ1n) is 10.8. The van der Waals surface area contributed by atoms with Gasteiger partial charge >= 0.3 is 103 Å². The van der Waals surface area contributed by atoms with Gasteiger partial charge in [0, 0.05) is 11.1 Å². The van der Waals surface area contributed by atoms with Crippen molar-refractivity contribution < 1.29 is 140 Å². The van der Waals surface area contributed by atoms with Crippen LogP contribution in [0.1, 0.15) is 72.8 Å². The Labute approximate surface area is 311 Å². The molecule has 2 aromatic rings. The first-order valence-corrected chi connectivity index (χ1v) is 11.7. The van der Waals surface area contributed by atoms with Crippen LogP contribution in [0.2, 0.25) is 0 Å². The van der Waals surface area contributed by atoms with E-state index in [-0.39, 0.29) is 116 Å². The summed E-state index contributed by atoms with van der Waals surface area (Å²) in [5.74, 6) is 0.227. The van der Waals surface area contributed by atoms with E-state index in [0.29, 0.717) is 5.56 Å². The molecule has 0 bridgehead atoms. The molecule has 0 saturated heterocycles. The van der Waals surface area contributed by atoms with Crippen molar-refractivity contribution in [3.63, 3.8) is 0 Å². The van der Waals surface area contributed by atoms with Gasteiger partial charge in [-0.15, -0.1) is 0 Å². The molecular formula is C25H36FIK2O6. The molecule has 2 rings (SSSR count). The minimum absolute atomic E-state index is 0. The van der Waals surface area contributed by atoms with Crippen LogP contribution in [-0.4, -0.2) is 35.7 Å². The third-order valence-electron chi connectivity index (χ3n) is 4.05. The molecule has 0 aliphatic carbocycles. The number of carbonyl (C=O) groups excluding carboxylic acids is 3. The summed E-state index contributed by atoms with van der Waals surface area (Å²) >= 11 is 2.43. The van der Waals surface area contributed by atoms with E-state index in [4.69, 9.17) is 16.5 Å². The predicted molar refractivity (Wildman–Crippen MR) is 138 cm³/mol. The number of rotatable bonds is 7. The standard InChI is InChI=1S/C9H10O.C8H8O2.C6H13I.CH3F.CH2O3.2K.H/c1-7-3-4-9(6-10)5-8(7)2;1-6-4-7(5-9)2-3-8(6)10;1-2-3-4-5-6-7;1-2;2-1-4-3;;;/h3-6H,1-2H3;2-5,10H,1H3;2-6H2,1H3;1H3;1,3H;;;/q;;;;;2*+1;-1/p-1/i;;;1D;;;;. The maximum atomic E-state index is 10.3. The van der Waals surface area contributed by atoms with Crippen LogP contribution in [0.5, 0.6) is 5.75 Å². The summed E-state index contributed by atoms with van der Waals surface area (Å²) in [6, 6.07) is 10.4. The maximum absolute atomic E-state index is 10.3. The average molecular weight is 658 g/mol. The van der Waals surface area contributed by atoms with Crippen LogP contribution >= 0.6 is 22.6 Å². The van der Waals surface area contributed by atoms with E-state index in [9.17, 15) is 14.0 Å². The van der Waals surface area contributed by atoms with Crippen molar-refractivity contribution in [3.8, 4) is 5.75 Å². The summed E-state index contributed by atoms with van der Waals surface area (Å²) in [4.78, 5) is 31.7. The Morgan fingerprint density at radius 3 is 1.77 bits per heavy atom. The first kappa shape index (κ1) is 43.0. The third kappa shape index (κ3) is 29.4. The van der Waals surface area contributed by atoms with E-state index >= 15 is 0 Å². The monoisotopic (exact) mass is 657 g/mol. The van der Waals surface area contributed by atoms with Crippen molar-refractivity contribution in [3.05, 3.63) is 64.2 Å². The third-order valence-corrected chi connectivity index (χ3v) is 4.81. The number of aryl methyl sites for hydroxylation is 3. The molecule has 0 fully saturated rings. The number of hydrogen-bond donors (Lipinski definition) is 1. The van der Waals surface area contributed by atoms with E-state index < -0.39 is 7.15 Å². The van der Waals surface area contributed by atoms with Crippen LogP contribution in [0.15, 0.2) is 36.4 Å². The number of phenolic OH excluding ortho intramolecular Hbond substituents is 1. The number of carbonyl (C=O) groups is 3. The van der Waals surface area contributed by atoms with Gasteiger partial charge in [-0.2, -0.15) is 0 Å². The molecule has 0 aromatic heterocycles. The normalized spacial score (nSPS) is 8.37. The zero-order chi connectivity index (χ0) is 26.8. The second-order valence-electron chi connectivity index (χ2n) is 6.57. The van der Waals surface area contributed by atoms with E-state index in [1.807, 2.05) is 32.0 Å². The molecule has 0 atom stereocenters. The van der Waals surface area contributed by atoms with E-state index in [0.717, 1.165) is 23.7 Å². The maximum Gasteiger partial charge on any atom is 1.00 e. The number of hydrogen-bond acceptors (Lipinski definition) is 6. The van der Waals surface area contributed by atoms with Gasteiger partial charge in [-0.05, 0) is 72.6 Å². The van der Waals surface area contributed by atoms with Crippen LogP contribution < -0.4 is 108 Å². The fourth-order valence-electron chi connectivity index (χ4n) is 2.11. The molecule has 35 heavy (non-hydrogen) atoms. The van der Waals surface area contributed by atoms with Crippen LogP contribution in [0.4, 0.5) is 4.39 Å². The summed E-state index contributed by atoms with van der Waals surface area (Å²) < 4.78 is 16.8. The topological polar surface area (TPSA) is 104 Å². The molecule has 2 aromatic carbocycles. The van der Waals surface area contributed by atoms with Crippen LogP contribution in [0.3, 0.4) is 0 Å². The predicted octanol–water partition coefficient (Wildman–Crippen LogP) is -0.228. The van der Waals surface area contributed by atoms with Crippen LogP contribution in [-0.2, 0) is 9.68 Å². The van der Waals surface area contributed by atoms with Gasteiger partial charge in [0.2, 0.25) is 0 Å². The molecule has 0 aliphatic rings. The summed E-state index contributed by atoms with van der Waals surface area (Å²) in [6.45, 7) is 7.85. The van der Waals surface area contributed by atoms with Gasteiger partial charge in [-0.3, -0.25) is 18.8 Å². The minimum atomic E-state index is -1.00. The molecule has 0 unspecified atom stereocenters. The Morgan fingerprint density at radius 1 is 0.971 bits per heavy atom. The summed E-state index contributed by atoms with van der Waals surface area (Å²) in [5.41, 5.74) is 4.47. The Hall–Kier alpha value is 0.943. The minimum Gasteiger partial charge on any atom is -1.00 e. The summed E-state index contributed by atoms with van der Waals surface area (Å²) in [6.07, 6.45) is 7.24. The number of aromatic hydroxyl groups is 1. The number of unbranched alkanes of at least 4 members (excludes halogenated alkanes) is 3. The van der Waals surface area contributed by atoms with Crippen molar-refractivity contribution in [2.45, 2.75) is 53.4 Å². The van der Waals surface area contributed by atoms with Crippen molar-refractivity contribution in [1.82, 2.24) is 0 Å². The molecule has 0 amide bonds. The first-order chi connectivity index (χ1) is 16.2. The van der Waals surface area contributed by atoms with E-state index in [2.05, 4.69) is 34.4 Å². The fourth-order valence-corrected chi connectivity index (χ4v) is 2.65. The van der Waals surface area contributed by atoms with Gasteiger partial charge in [0.05, 0.1) is 8.52 Å². The second-order valence-corrected chi connectivity index (χ2v) is 7.65. The Bertz CT molecular complexity index is 746. The molecule has 0 radical (unpaired) electrons. The second kappa shape index (κ2) is 34.9. The van der Waals surface area contributed by atoms with Crippen molar-refractivity contribution in [2.24, 2.45) is 0 Å². The molecule has 6 nitrogen and oxygen atoms in total.